The molecule has 2 heterocycles. The number of aryl methyl sites for hydroxylation is 2. The average molecular weight is 253 g/mol. The fraction of sp³-hybridized carbons (Fsp3) is 0.667. The van der Waals surface area contributed by atoms with Crippen LogP contribution in [0.1, 0.15) is 43.7 Å². The van der Waals surface area contributed by atoms with Crippen LogP contribution in [0.2, 0.25) is 0 Å². The molecule has 2 aromatic rings. The molecule has 0 aliphatic heterocycles. The summed E-state index contributed by atoms with van der Waals surface area (Å²) in [7, 11) is 2.00. The summed E-state index contributed by atoms with van der Waals surface area (Å²) in [6, 6.07) is 0.596. The van der Waals surface area contributed by atoms with Crippen molar-refractivity contribution < 1.29 is 0 Å². The molecule has 0 amide bonds. The summed E-state index contributed by atoms with van der Waals surface area (Å²) >= 11 is 6.00. The van der Waals surface area contributed by atoms with Crippen LogP contribution < -0.4 is 0 Å². The Morgan fingerprint density at radius 2 is 2.18 bits per heavy atom. The van der Waals surface area contributed by atoms with E-state index in [4.69, 9.17) is 11.6 Å². The van der Waals surface area contributed by atoms with Crippen LogP contribution >= 0.6 is 11.6 Å². The standard InChI is InChI=1S/C12H17ClN4/c1-3-4-9-11-12(16(2)15-9)17(8-5-6-8)10(7-13)14-11/h8H,3-7H2,1-2H3. The van der Waals surface area contributed by atoms with E-state index < -0.39 is 0 Å². The predicted octanol–water partition coefficient (Wildman–Crippen LogP) is 2.80. The van der Waals surface area contributed by atoms with Crippen molar-refractivity contribution in [3.63, 3.8) is 0 Å². The molecule has 0 unspecified atom stereocenters. The van der Waals surface area contributed by atoms with E-state index in [0.717, 1.165) is 35.5 Å². The normalized spacial score (nSPS) is 15.9. The van der Waals surface area contributed by atoms with Crippen molar-refractivity contribution in [1.29, 1.82) is 0 Å². The summed E-state index contributed by atoms with van der Waals surface area (Å²) in [6.45, 7) is 2.17. The minimum absolute atomic E-state index is 0.483. The molecule has 0 radical (unpaired) electrons. The van der Waals surface area contributed by atoms with Gasteiger partial charge in [0.2, 0.25) is 0 Å². The van der Waals surface area contributed by atoms with Crippen molar-refractivity contribution in [2.45, 2.75) is 44.5 Å². The summed E-state index contributed by atoms with van der Waals surface area (Å²) < 4.78 is 4.25. The van der Waals surface area contributed by atoms with Crippen molar-refractivity contribution in [3.05, 3.63) is 11.5 Å². The van der Waals surface area contributed by atoms with E-state index in [1.807, 2.05) is 11.7 Å². The first kappa shape index (κ1) is 11.1. The monoisotopic (exact) mass is 252 g/mol. The number of nitrogens with zero attached hydrogens (tertiary/aromatic N) is 4. The second-order valence-electron chi connectivity index (χ2n) is 4.76. The van der Waals surface area contributed by atoms with Crippen LogP contribution in [0.15, 0.2) is 0 Å². The Labute approximate surface area is 106 Å². The highest BCUT2D eigenvalue weighted by Crippen LogP contribution is 2.39. The molecule has 0 spiro atoms. The Kier molecular flexibility index (Phi) is 2.62. The van der Waals surface area contributed by atoms with Gasteiger partial charge in [-0.2, -0.15) is 5.10 Å². The van der Waals surface area contributed by atoms with Crippen LogP contribution in [0.5, 0.6) is 0 Å². The van der Waals surface area contributed by atoms with Crippen LogP contribution in [-0.4, -0.2) is 19.3 Å². The van der Waals surface area contributed by atoms with E-state index in [-0.39, 0.29) is 0 Å². The third kappa shape index (κ3) is 1.66. The number of alkyl halides is 1. The lowest BCUT2D eigenvalue weighted by atomic mass is 10.2. The SMILES string of the molecule is CCCc1nn(C)c2c1nc(CCl)n2C1CC1. The topological polar surface area (TPSA) is 35.6 Å². The van der Waals surface area contributed by atoms with E-state index in [2.05, 4.69) is 21.6 Å². The molecular weight excluding hydrogens is 236 g/mol. The maximum Gasteiger partial charge on any atom is 0.158 e. The third-order valence-electron chi connectivity index (χ3n) is 3.33. The zero-order valence-electron chi connectivity index (χ0n) is 10.3. The van der Waals surface area contributed by atoms with Crippen molar-refractivity contribution in [1.82, 2.24) is 19.3 Å². The quantitative estimate of drug-likeness (QED) is 0.785. The maximum atomic E-state index is 6.00. The van der Waals surface area contributed by atoms with E-state index in [0.29, 0.717) is 11.9 Å². The first-order chi connectivity index (χ1) is 8.26. The van der Waals surface area contributed by atoms with Gasteiger partial charge >= 0.3 is 0 Å². The van der Waals surface area contributed by atoms with Gasteiger partial charge in [0.05, 0.1) is 11.6 Å². The molecule has 1 fully saturated rings. The number of fused-ring (bicyclic) bond motifs is 1. The molecule has 4 nitrogen and oxygen atoms in total. The largest absolute Gasteiger partial charge is 0.309 e. The van der Waals surface area contributed by atoms with Gasteiger partial charge in [0.1, 0.15) is 11.3 Å². The molecule has 0 atom stereocenters. The Hall–Kier alpha value is -1.03. The van der Waals surface area contributed by atoms with Gasteiger partial charge in [0, 0.05) is 13.1 Å². The van der Waals surface area contributed by atoms with Crippen LogP contribution in [0, 0.1) is 0 Å². The number of aromatic nitrogens is 4. The lowest BCUT2D eigenvalue weighted by Crippen LogP contribution is -2.04. The van der Waals surface area contributed by atoms with Crippen LogP contribution in [0.3, 0.4) is 0 Å². The van der Waals surface area contributed by atoms with Gasteiger partial charge in [0.15, 0.2) is 5.65 Å². The Bertz CT molecular complexity index is 550. The van der Waals surface area contributed by atoms with Gasteiger partial charge < -0.3 is 4.57 Å². The zero-order chi connectivity index (χ0) is 12.0. The number of rotatable bonds is 4. The fourth-order valence-corrected chi connectivity index (χ4v) is 2.65. The van der Waals surface area contributed by atoms with Gasteiger partial charge in [-0.15, -0.1) is 11.6 Å². The van der Waals surface area contributed by atoms with Gasteiger partial charge in [-0.1, -0.05) is 13.3 Å². The molecule has 0 bridgehead atoms. The molecule has 0 aromatic carbocycles. The minimum atomic E-state index is 0.483. The molecule has 1 aliphatic carbocycles. The highest BCUT2D eigenvalue weighted by Gasteiger charge is 2.30. The van der Waals surface area contributed by atoms with E-state index in [9.17, 15) is 0 Å². The first-order valence-electron chi connectivity index (χ1n) is 6.25. The third-order valence-corrected chi connectivity index (χ3v) is 3.57. The molecular formula is C12H17ClN4. The summed E-state index contributed by atoms with van der Waals surface area (Å²) in [6.07, 6.45) is 4.56. The predicted molar refractivity (Wildman–Crippen MR) is 68.3 cm³/mol. The second-order valence-corrected chi connectivity index (χ2v) is 5.02. The van der Waals surface area contributed by atoms with Crippen molar-refractivity contribution in [3.8, 4) is 0 Å². The van der Waals surface area contributed by atoms with E-state index in [1.165, 1.54) is 12.8 Å². The first-order valence-corrected chi connectivity index (χ1v) is 6.78. The Morgan fingerprint density at radius 1 is 1.41 bits per heavy atom. The van der Waals surface area contributed by atoms with Crippen LogP contribution in [0.4, 0.5) is 0 Å². The van der Waals surface area contributed by atoms with E-state index in [1.54, 1.807) is 0 Å². The highest BCUT2D eigenvalue weighted by atomic mass is 35.5. The van der Waals surface area contributed by atoms with Gasteiger partial charge in [0.25, 0.3) is 0 Å². The number of imidazole rings is 1. The molecule has 17 heavy (non-hydrogen) atoms. The summed E-state index contributed by atoms with van der Waals surface area (Å²) in [4.78, 5) is 4.68. The van der Waals surface area contributed by atoms with Crippen LogP contribution in [-0.2, 0) is 19.3 Å². The Balaban J connectivity index is 2.22. The summed E-state index contributed by atoms with van der Waals surface area (Å²) in [5.41, 5.74) is 3.30. The molecule has 1 saturated carbocycles. The lowest BCUT2D eigenvalue weighted by Gasteiger charge is -2.05. The fourth-order valence-electron chi connectivity index (χ4n) is 2.46. The summed E-state index contributed by atoms with van der Waals surface area (Å²) in [5.74, 6) is 1.48. The van der Waals surface area contributed by atoms with Crippen molar-refractivity contribution in [2.24, 2.45) is 7.05 Å². The average Bonchev–Trinajstić information content (AvgIpc) is 3.00. The van der Waals surface area contributed by atoms with Gasteiger partial charge in [-0.3, -0.25) is 4.68 Å². The molecule has 5 heteroatoms. The molecule has 0 saturated heterocycles. The van der Waals surface area contributed by atoms with Gasteiger partial charge in [-0.05, 0) is 19.3 Å². The van der Waals surface area contributed by atoms with Gasteiger partial charge in [-0.25, -0.2) is 4.98 Å². The summed E-state index contributed by atoms with van der Waals surface area (Å²) in [5, 5.41) is 4.58. The Morgan fingerprint density at radius 3 is 2.76 bits per heavy atom. The number of hydrogen-bond donors (Lipinski definition) is 0. The smallest absolute Gasteiger partial charge is 0.158 e. The molecule has 3 rings (SSSR count). The minimum Gasteiger partial charge on any atom is -0.309 e. The maximum absolute atomic E-state index is 6.00. The molecule has 2 aromatic heterocycles. The van der Waals surface area contributed by atoms with E-state index >= 15 is 0 Å². The van der Waals surface area contributed by atoms with Crippen molar-refractivity contribution >= 4 is 22.8 Å². The zero-order valence-corrected chi connectivity index (χ0v) is 11.0. The second kappa shape index (κ2) is 4.02. The number of halogens is 1. The van der Waals surface area contributed by atoms with Crippen LogP contribution in [0.25, 0.3) is 11.2 Å². The molecule has 0 N–H and O–H groups in total. The van der Waals surface area contributed by atoms with Crippen molar-refractivity contribution in [2.75, 3.05) is 0 Å². The molecule has 1 aliphatic rings. The molecule has 92 valence electrons. The highest BCUT2D eigenvalue weighted by molar-refractivity contribution is 6.16. The number of hydrogen-bond acceptors (Lipinski definition) is 2. The lowest BCUT2D eigenvalue weighted by molar-refractivity contribution is 0.669.